The normalized spacial score (nSPS) is 10.8. The molecular formula is C23H25FN4O. The van der Waals surface area contributed by atoms with Crippen LogP contribution >= 0.6 is 0 Å². The Labute approximate surface area is 170 Å². The molecule has 0 saturated heterocycles. The van der Waals surface area contributed by atoms with Crippen molar-refractivity contribution in [2.24, 2.45) is 0 Å². The van der Waals surface area contributed by atoms with E-state index in [1.165, 1.54) is 17.7 Å². The quantitative estimate of drug-likeness (QED) is 0.597. The Morgan fingerprint density at radius 2 is 1.72 bits per heavy atom. The number of aryl methyl sites for hydroxylation is 1. The lowest BCUT2D eigenvalue weighted by molar-refractivity contribution is 0.102. The summed E-state index contributed by atoms with van der Waals surface area (Å²) in [6.07, 6.45) is 0.715. The van der Waals surface area contributed by atoms with Crippen LogP contribution in [0, 0.1) is 12.7 Å². The highest BCUT2D eigenvalue weighted by Gasteiger charge is 2.11. The van der Waals surface area contributed by atoms with Crippen molar-refractivity contribution in [3.63, 3.8) is 0 Å². The summed E-state index contributed by atoms with van der Waals surface area (Å²) in [5.41, 5.74) is 3.26. The van der Waals surface area contributed by atoms with Gasteiger partial charge in [-0.25, -0.2) is 14.4 Å². The summed E-state index contributed by atoms with van der Waals surface area (Å²) in [6, 6.07) is 15.8. The second-order valence-electron chi connectivity index (χ2n) is 7.22. The van der Waals surface area contributed by atoms with Crippen LogP contribution in [-0.2, 0) is 6.42 Å². The molecule has 1 amide bonds. The molecule has 1 heterocycles. The first-order valence-electron chi connectivity index (χ1n) is 9.66. The van der Waals surface area contributed by atoms with Gasteiger partial charge in [0, 0.05) is 18.3 Å². The maximum Gasteiger partial charge on any atom is 0.274 e. The molecular weight excluding hydrogens is 367 g/mol. The number of rotatable bonds is 7. The van der Waals surface area contributed by atoms with Gasteiger partial charge in [0.1, 0.15) is 23.2 Å². The minimum absolute atomic E-state index is 0.248. The summed E-state index contributed by atoms with van der Waals surface area (Å²) in [5, 5.41) is 6.08. The van der Waals surface area contributed by atoms with Gasteiger partial charge < -0.3 is 10.6 Å². The van der Waals surface area contributed by atoms with E-state index in [9.17, 15) is 9.18 Å². The van der Waals surface area contributed by atoms with E-state index in [-0.39, 0.29) is 11.7 Å². The van der Waals surface area contributed by atoms with Gasteiger partial charge in [-0.05, 0) is 54.7 Å². The highest BCUT2D eigenvalue weighted by Crippen LogP contribution is 2.18. The van der Waals surface area contributed by atoms with Crippen LogP contribution in [0.3, 0.4) is 0 Å². The monoisotopic (exact) mass is 392 g/mol. The van der Waals surface area contributed by atoms with Crippen molar-refractivity contribution in [3.05, 3.63) is 83.1 Å². The van der Waals surface area contributed by atoms with Gasteiger partial charge >= 0.3 is 0 Å². The average Bonchev–Trinajstić information content (AvgIpc) is 2.69. The molecule has 0 atom stereocenters. The van der Waals surface area contributed by atoms with E-state index in [0.29, 0.717) is 36.2 Å². The molecule has 0 aliphatic rings. The number of carbonyl (C=O) groups excluding carboxylic acids is 1. The highest BCUT2D eigenvalue weighted by atomic mass is 19.1. The number of hydrogen-bond acceptors (Lipinski definition) is 4. The van der Waals surface area contributed by atoms with E-state index in [2.05, 4.69) is 34.4 Å². The Hall–Kier alpha value is -3.28. The third-order valence-electron chi connectivity index (χ3n) is 4.54. The summed E-state index contributed by atoms with van der Waals surface area (Å²) >= 11 is 0. The Balaban J connectivity index is 1.62. The number of benzene rings is 2. The van der Waals surface area contributed by atoms with Gasteiger partial charge in [0.05, 0.1) is 0 Å². The van der Waals surface area contributed by atoms with Crippen LogP contribution < -0.4 is 10.6 Å². The lowest BCUT2D eigenvalue weighted by Gasteiger charge is -2.10. The van der Waals surface area contributed by atoms with Crippen molar-refractivity contribution in [1.82, 2.24) is 9.97 Å². The number of nitrogens with zero attached hydrogens (tertiary/aromatic N) is 2. The molecule has 5 nitrogen and oxygen atoms in total. The van der Waals surface area contributed by atoms with Crippen LogP contribution in [0.5, 0.6) is 0 Å². The first-order chi connectivity index (χ1) is 13.9. The van der Waals surface area contributed by atoms with Gasteiger partial charge in [0.15, 0.2) is 0 Å². The summed E-state index contributed by atoms with van der Waals surface area (Å²) in [4.78, 5) is 21.2. The van der Waals surface area contributed by atoms with Gasteiger partial charge in [-0.15, -0.1) is 0 Å². The fourth-order valence-corrected chi connectivity index (χ4v) is 2.91. The summed E-state index contributed by atoms with van der Waals surface area (Å²) in [5.74, 6) is 1.00. The van der Waals surface area contributed by atoms with Crippen molar-refractivity contribution in [1.29, 1.82) is 0 Å². The van der Waals surface area contributed by atoms with Crippen LogP contribution in [0.25, 0.3) is 0 Å². The van der Waals surface area contributed by atoms with E-state index in [0.717, 1.165) is 11.3 Å². The molecule has 0 saturated carbocycles. The molecule has 6 heteroatoms. The van der Waals surface area contributed by atoms with Crippen molar-refractivity contribution in [3.8, 4) is 0 Å². The lowest BCUT2D eigenvalue weighted by Crippen LogP contribution is -2.16. The number of aromatic nitrogens is 2. The first-order valence-corrected chi connectivity index (χ1v) is 9.66. The topological polar surface area (TPSA) is 66.9 Å². The molecule has 0 aliphatic heterocycles. The van der Waals surface area contributed by atoms with Crippen molar-refractivity contribution >= 4 is 17.4 Å². The van der Waals surface area contributed by atoms with E-state index >= 15 is 0 Å². The van der Waals surface area contributed by atoms with Crippen LogP contribution in [0.4, 0.5) is 15.9 Å². The summed E-state index contributed by atoms with van der Waals surface area (Å²) in [7, 11) is 0. The molecule has 2 aromatic carbocycles. The molecule has 0 radical (unpaired) electrons. The lowest BCUT2D eigenvalue weighted by atomic mass is 10.0. The molecule has 29 heavy (non-hydrogen) atoms. The third kappa shape index (κ3) is 5.85. The van der Waals surface area contributed by atoms with Crippen molar-refractivity contribution in [2.75, 3.05) is 17.2 Å². The number of amides is 1. The maximum atomic E-state index is 13.0. The van der Waals surface area contributed by atoms with E-state index in [1.54, 1.807) is 25.1 Å². The summed E-state index contributed by atoms with van der Waals surface area (Å²) in [6.45, 7) is 6.61. The molecule has 3 rings (SSSR count). The highest BCUT2D eigenvalue weighted by molar-refractivity contribution is 6.03. The van der Waals surface area contributed by atoms with Crippen LogP contribution in [0.15, 0.2) is 54.6 Å². The van der Waals surface area contributed by atoms with E-state index < -0.39 is 0 Å². The van der Waals surface area contributed by atoms with Crippen LogP contribution in [0.1, 0.15) is 47.2 Å². The van der Waals surface area contributed by atoms with Crippen LogP contribution in [-0.4, -0.2) is 22.4 Å². The first kappa shape index (κ1) is 20.5. The smallest absolute Gasteiger partial charge is 0.274 e. The Morgan fingerprint density at radius 1 is 1.03 bits per heavy atom. The van der Waals surface area contributed by atoms with Crippen molar-refractivity contribution < 1.29 is 9.18 Å². The fourth-order valence-electron chi connectivity index (χ4n) is 2.91. The molecule has 0 bridgehead atoms. The number of carbonyl (C=O) groups is 1. The second-order valence-corrected chi connectivity index (χ2v) is 7.22. The molecule has 2 N–H and O–H groups in total. The summed E-state index contributed by atoms with van der Waals surface area (Å²) < 4.78 is 13.0. The molecule has 3 aromatic rings. The average molecular weight is 392 g/mol. The zero-order valence-corrected chi connectivity index (χ0v) is 16.9. The van der Waals surface area contributed by atoms with Crippen molar-refractivity contribution in [2.45, 2.75) is 33.1 Å². The number of anilines is 2. The van der Waals surface area contributed by atoms with E-state index in [1.807, 2.05) is 24.3 Å². The largest absolute Gasteiger partial charge is 0.370 e. The zero-order chi connectivity index (χ0) is 20.8. The van der Waals surface area contributed by atoms with Gasteiger partial charge in [-0.2, -0.15) is 0 Å². The Morgan fingerprint density at radius 3 is 2.38 bits per heavy atom. The molecule has 1 aromatic heterocycles. The fraction of sp³-hybridized carbons (Fsp3) is 0.261. The van der Waals surface area contributed by atoms with E-state index in [4.69, 9.17) is 0 Å². The predicted molar refractivity (Wildman–Crippen MR) is 114 cm³/mol. The van der Waals surface area contributed by atoms with Gasteiger partial charge in [-0.3, -0.25) is 4.79 Å². The second kappa shape index (κ2) is 9.28. The van der Waals surface area contributed by atoms with Gasteiger partial charge in [0.25, 0.3) is 5.91 Å². The van der Waals surface area contributed by atoms with Gasteiger partial charge in [-0.1, -0.05) is 38.1 Å². The molecule has 0 fully saturated rings. The Bertz CT molecular complexity index is 969. The maximum absolute atomic E-state index is 13.0. The minimum Gasteiger partial charge on any atom is -0.370 e. The SMILES string of the molecule is Cc1nc(NCCc2ccc(F)cc2)cc(C(=O)Nc2ccc(C(C)C)cc2)n1. The zero-order valence-electron chi connectivity index (χ0n) is 16.9. The van der Waals surface area contributed by atoms with Gasteiger partial charge in [0.2, 0.25) is 0 Å². The minimum atomic E-state index is -0.283. The van der Waals surface area contributed by atoms with Crippen LogP contribution in [0.2, 0.25) is 0 Å². The predicted octanol–water partition coefficient (Wildman–Crippen LogP) is 4.95. The Kier molecular flexibility index (Phi) is 6.54. The molecule has 150 valence electrons. The number of nitrogens with one attached hydrogen (secondary N) is 2. The molecule has 0 aliphatic carbocycles. The molecule has 0 spiro atoms. The standard InChI is InChI=1S/C23H25FN4O/c1-15(2)18-6-10-20(11-7-18)28-23(29)21-14-22(27-16(3)26-21)25-13-12-17-4-8-19(24)9-5-17/h4-11,14-15H,12-13H2,1-3H3,(H,28,29)(H,25,26,27). The molecule has 0 unspecified atom stereocenters. The number of halogens is 1. The third-order valence-corrected chi connectivity index (χ3v) is 4.54. The number of hydrogen-bond donors (Lipinski definition) is 2.